The van der Waals surface area contributed by atoms with E-state index in [1.807, 2.05) is 0 Å². The lowest BCUT2D eigenvalue weighted by atomic mass is 10.1. The molecule has 0 rings (SSSR count). The van der Waals surface area contributed by atoms with Gasteiger partial charge in [0.2, 0.25) is 0 Å². The monoisotopic (exact) mass is 280 g/mol. The molecule has 0 saturated carbocycles. The van der Waals surface area contributed by atoms with Gasteiger partial charge in [0.1, 0.15) is 0 Å². The van der Waals surface area contributed by atoms with Crippen molar-refractivity contribution >= 4 is 5.97 Å². The number of unbranched alkanes of at least 4 members (excludes halogenated alkanes) is 10. The molecule has 20 heavy (non-hydrogen) atoms. The van der Waals surface area contributed by atoms with E-state index in [0.717, 1.165) is 12.8 Å². The summed E-state index contributed by atoms with van der Waals surface area (Å²) in [6, 6.07) is 0. The summed E-state index contributed by atoms with van der Waals surface area (Å²) >= 11 is 0. The lowest BCUT2D eigenvalue weighted by molar-refractivity contribution is -0.131. The van der Waals surface area contributed by atoms with Gasteiger partial charge in [0.05, 0.1) is 0 Å². The van der Waals surface area contributed by atoms with Gasteiger partial charge >= 0.3 is 5.97 Å². The number of rotatable bonds is 14. The zero-order valence-corrected chi connectivity index (χ0v) is 13.2. The zero-order valence-electron chi connectivity index (χ0n) is 13.2. The molecule has 1 N–H and O–H groups in total. The third-order valence-electron chi connectivity index (χ3n) is 3.39. The number of aliphatic carboxylic acids is 1. The quantitative estimate of drug-likeness (QED) is 0.245. The molecule has 0 aromatic carbocycles. The molecular formula is C18H32O2. The Labute approximate surface area is 125 Å². The molecule has 0 atom stereocenters. The van der Waals surface area contributed by atoms with Crippen LogP contribution in [0.4, 0.5) is 0 Å². The average Bonchev–Trinajstić information content (AvgIpc) is 2.43. The van der Waals surface area contributed by atoms with Crippen LogP contribution < -0.4 is 0 Å². The largest absolute Gasteiger partial charge is 0.478 e. The molecule has 0 aromatic heterocycles. The van der Waals surface area contributed by atoms with Crippen molar-refractivity contribution < 1.29 is 9.90 Å². The normalized spacial score (nSPS) is 11.7. The number of carboxylic acid groups (broad SMARTS) is 1. The van der Waals surface area contributed by atoms with Crippen LogP contribution in [-0.4, -0.2) is 11.1 Å². The van der Waals surface area contributed by atoms with Gasteiger partial charge in [0.25, 0.3) is 0 Å². The maximum absolute atomic E-state index is 10.2. The second-order valence-electron chi connectivity index (χ2n) is 5.41. The highest BCUT2D eigenvalue weighted by molar-refractivity contribution is 5.79. The topological polar surface area (TPSA) is 37.3 Å². The van der Waals surface area contributed by atoms with Crippen LogP contribution in [0.5, 0.6) is 0 Å². The van der Waals surface area contributed by atoms with Crippen molar-refractivity contribution in [3.63, 3.8) is 0 Å². The zero-order chi connectivity index (χ0) is 14.9. The van der Waals surface area contributed by atoms with Crippen LogP contribution in [0, 0.1) is 0 Å². The summed E-state index contributed by atoms with van der Waals surface area (Å²) in [4.78, 5) is 10.2. The first-order chi connectivity index (χ1) is 9.77. The summed E-state index contributed by atoms with van der Waals surface area (Å²) in [5, 5.41) is 8.42. The van der Waals surface area contributed by atoms with Crippen molar-refractivity contribution in [3.8, 4) is 0 Å². The summed E-state index contributed by atoms with van der Waals surface area (Å²) in [7, 11) is 0. The molecule has 0 amide bonds. The first-order valence-electron chi connectivity index (χ1n) is 8.31. The molecule has 0 saturated heterocycles. The maximum Gasteiger partial charge on any atom is 0.327 e. The minimum Gasteiger partial charge on any atom is -0.478 e. The van der Waals surface area contributed by atoms with Crippen LogP contribution in [0.3, 0.4) is 0 Å². The van der Waals surface area contributed by atoms with E-state index in [4.69, 9.17) is 5.11 Å². The minimum absolute atomic E-state index is 0.845. The number of allylic oxidation sites excluding steroid dienone is 3. The predicted octanol–water partition coefficient (Wildman–Crippen LogP) is 5.88. The predicted molar refractivity (Wildman–Crippen MR) is 87.0 cm³/mol. The van der Waals surface area contributed by atoms with Crippen molar-refractivity contribution in [1.82, 2.24) is 0 Å². The van der Waals surface area contributed by atoms with Crippen LogP contribution in [0.25, 0.3) is 0 Å². The summed E-state index contributed by atoms with van der Waals surface area (Å²) in [6.45, 7) is 2.26. The maximum atomic E-state index is 10.2. The van der Waals surface area contributed by atoms with Crippen LogP contribution in [0.2, 0.25) is 0 Å². The first kappa shape index (κ1) is 18.9. The second kappa shape index (κ2) is 16.0. The van der Waals surface area contributed by atoms with E-state index >= 15 is 0 Å². The van der Waals surface area contributed by atoms with Crippen LogP contribution in [0.15, 0.2) is 24.3 Å². The van der Waals surface area contributed by atoms with Gasteiger partial charge in [-0.2, -0.15) is 0 Å². The summed E-state index contributed by atoms with van der Waals surface area (Å²) < 4.78 is 0. The molecule has 0 heterocycles. The van der Waals surface area contributed by atoms with Gasteiger partial charge in [-0.3, -0.25) is 0 Å². The van der Waals surface area contributed by atoms with Crippen LogP contribution >= 0.6 is 0 Å². The highest BCUT2D eigenvalue weighted by atomic mass is 16.4. The Morgan fingerprint density at radius 3 is 1.75 bits per heavy atom. The lowest BCUT2D eigenvalue weighted by Crippen LogP contribution is -1.85. The molecule has 116 valence electrons. The van der Waals surface area contributed by atoms with E-state index in [2.05, 4.69) is 19.1 Å². The van der Waals surface area contributed by atoms with E-state index in [9.17, 15) is 4.79 Å². The Kier molecular flexibility index (Phi) is 15.2. The van der Waals surface area contributed by atoms with Crippen molar-refractivity contribution in [1.29, 1.82) is 0 Å². The highest BCUT2D eigenvalue weighted by Gasteiger charge is 1.89. The van der Waals surface area contributed by atoms with E-state index in [-0.39, 0.29) is 0 Å². The second-order valence-corrected chi connectivity index (χ2v) is 5.41. The van der Waals surface area contributed by atoms with Crippen molar-refractivity contribution in [3.05, 3.63) is 24.3 Å². The molecule has 0 aliphatic carbocycles. The number of hydrogen-bond acceptors (Lipinski definition) is 1. The summed E-state index contributed by atoms with van der Waals surface area (Å²) in [5.74, 6) is -0.845. The van der Waals surface area contributed by atoms with Gasteiger partial charge in [0, 0.05) is 6.08 Å². The molecule has 0 aromatic rings. The lowest BCUT2D eigenvalue weighted by Gasteiger charge is -1.98. The molecule has 0 aliphatic rings. The molecular weight excluding hydrogens is 248 g/mol. The van der Waals surface area contributed by atoms with E-state index in [0.29, 0.717) is 0 Å². The van der Waals surface area contributed by atoms with Gasteiger partial charge in [-0.05, 0) is 38.5 Å². The molecule has 2 nitrogen and oxygen atoms in total. The van der Waals surface area contributed by atoms with E-state index < -0.39 is 5.97 Å². The molecule has 0 bridgehead atoms. The Hall–Kier alpha value is -1.05. The van der Waals surface area contributed by atoms with Gasteiger partial charge in [-0.1, -0.05) is 63.7 Å². The highest BCUT2D eigenvalue weighted by Crippen LogP contribution is 2.08. The molecule has 0 spiro atoms. The average molecular weight is 280 g/mol. The minimum atomic E-state index is -0.845. The Balaban J connectivity index is 3.14. The summed E-state index contributed by atoms with van der Waals surface area (Å²) in [5.41, 5.74) is 0. The smallest absolute Gasteiger partial charge is 0.327 e. The fourth-order valence-electron chi connectivity index (χ4n) is 2.16. The van der Waals surface area contributed by atoms with Crippen LogP contribution in [-0.2, 0) is 4.79 Å². The third kappa shape index (κ3) is 16.9. The number of carbonyl (C=O) groups is 1. The molecule has 0 unspecified atom stereocenters. The Morgan fingerprint density at radius 2 is 1.20 bits per heavy atom. The van der Waals surface area contributed by atoms with Crippen molar-refractivity contribution in [2.45, 2.75) is 84.0 Å². The molecule has 2 heteroatoms. The van der Waals surface area contributed by atoms with Crippen LogP contribution in [0.1, 0.15) is 84.0 Å². The first-order valence-corrected chi connectivity index (χ1v) is 8.31. The van der Waals surface area contributed by atoms with Gasteiger partial charge in [0.15, 0.2) is 0 Å². The van der Waals surface area contributed by atoms with Gasteiger partial charge in [-0.15, -0.1) is 0 Å². The Morgan fingerprint density at radius 1 is 0.750 bits per heavy atom. The molecule has 0 fully saturated rings. The molecule has 0 aliphatic heterocycles. The van der Waals surface area contributed by atoms with Gasteiger partial charge < -0.3 is 5.11 Å². The van der Waals surface area contributed by atoms with Crippen molar-refractivity contribution in [2.75, 3.05) is 0 Å². The van der Waals surface area contributed by atoms with Crippen molar-refractivity contribution in [2.24, 2.45) is 0 Å². The third-order valence-corrected chi connectivity index (χ3v) is 3.39. The van der Waals surface area contributed by atoms with Gasteiger partial charge in [-0.25, -0.2) is 4.79 Å². The van der Waals surface area contributed by atoms with E-state index in [1.54, 1.807) is 6.08 Å². The Bertz CT molecular complexity index is 267. The molecule has 0 radical (unpaired) electrons. The standard InChI is InChI=1S/C18H32O2/c1-2-3-4-5-6-7-8-9-10-11-12-13-14-15-16-17-18(19)20/h9-10,16-17H,2-8,11-15H2,1H3,(H,19,20)/b10-9-,17-16?. The number of carboxylic acids is 1. The van der Waals surface area contributed by atoms with E-state index in [1.165, 1.54) is 70.3 Å². The SMILES string of the molecule is CCCCCCCC/C=C\CCCCCC=CC(=O)O. The fraction of sp³-hybridized carbons (Fsp3) is 0.722. The number of hydrogen-bond donors (Lipinski definition) is 1. The summed E-state index contributed by atoms with van der Waals surface area (Å²) in [6.07, 6.45) is 22.6. The fourth-order valence-corrected chi connectivity index (χ4v) is 2.16.